The number of hydrogen-bond acceptors (Lipinski definition) is 2. The van der Waals surface area contributed by atoms with E-state index in [-0.39, 0.29) is 0 Å². The van der Waals surface area contributed by atoms with Gasteiger partial charge in [-0.25, -0.2) is 0 Å². The Morgan fingerprint density at radius 1 is 1.00 bits per heavy atom. The van der Waals surface area contributed by atoms with Crippen molar-refractivity contribution in [2.45, 2.75) is 95.6 Å². The molecule has 2 nitrogen and oxygen atoms in total. The number of hydrogen-bond donors (Lipinski definition) is 2. The van der Waals surface area contributed by atoms with E-state index in [1.54, 1.807) is 0 Å². The Bertz CT molecular complexity index is 264. The van der Waals surface area contributed by atoms with Crippen LogP contribution in [0.4, 0.5) is 0 Å². The van der Waals surface area contributed by atoms with Crippen LogP contribution in [0.2, 0.25) is 0 Å². The summed E-state index contributed by atoms with van der Waals surface area (Å²) >= 11 is 4.63. The molecule has 0 fully saturated rings. The number of carboxylic acid groups (broad SMARTS) is 1. The molecule has 1 N–H and O–H groups in total. The van der Waals surface area contributed by atoms with Gasteiger partial charge in [-0.1, -0.05) is 64.0 Å². The van der Waals surface area contributed by atoms with Crippen LogP contribution in [0.15, 0.2) is 12.2 Å². The van der Waals surface area contributed by atoms with Gasteiger partial charge in [0, 0.05) is 11.7 Å². The molecule has 0 radical (unpaired) electrons. The molecular formula is C18H34O2S. The Morgan fingerprint density at radius 2 is 1.67 bits per heavy atom. The van der Waals surface area contributed by atoms with Crippen LogP contribution >= 0.6 is 12.6 Å². The average Bonchev–Trinajstić information content (AvgIpc) is 2.45. The lowest BCUT2D eigenvalue weighted by atomic mass is 10.1. The lowest BCUT2D eigenvalue weighted by Crippen LogP contribution is -1.96. The summed E-state index contributed by atoms with van der Waals surface area (Å²) in [6.45, 7) is 2.24. The van der Waals surface area contributed by atoms with Crippen molar-refractivity contribution in [2.75, 3.05) is 0 Å². The van der Waals surface area contributed by atoms with Gasteiger partial charge in [0.05, 0.1) is 0 Å². The Balaban J connectivity index is 3.26. The summed E-state index contributed by atoms with van der Waals surface area (Å²) in [4.78, 5) is 10.3. The van der Waals surface area contributed by atoms with Crippen LogP contribution in [0.5, 0.6) is 0 Å². The third-order valence-corrected chi connectivity index (χ3v) is 4.20. The van der Waals surface area contributed by atoms with Crippen molar-refractivity contribution in [1.29, 1.82) is 0 Å². The number of allylic oxidation sites excluding steroid dienone is 2. The van der Waals surface area contributed by atoms with Gasteiger partial charge in [0.2, 0.25) is 0 Å². The van der Waals surface area contributed by atoms with Gasteiger partial charge in [0.1, 0.15) is 0 Å². The SMILES string of the molecule is CCCCCC[C@@H](S)C/C=C\CCCCCCCC(=O)O. The minimum Gasteiger partial charge on any atom is -0.481 e. The van der Waals surface area contributed by atoms with Gasteiger partial charge in [-0.15, -0.1) is 0 Å². The smallest absolute Gasteiger partial charge is 0.303 e. The fourth-order valence-corrected chi connectivity index (χ4v) is 2.67. The fourth-order valence-electron chi connectivity index (χ4n) is 2.36. The molecule has 0 aliphatic heterocycles. The maximum absolute atomic E-state index is 10.3. The second kappa shape index (κ2) is 15.9. The van der Waals surface area contributed by atoms with Crippen LogP contribution in [-0.4, -0.2) is 16.3 Å². The topological polar surface area (TPSA) is 37.3 Å². The third-order valence-electron chi connectivity index (χ3n) is 3.73. The molecule has 0 aliphatic rings. The first kappa shape index (κ1) is 20.6. The first-order valence-corrected chi connectivity index (χ1v) is 9.23. The summed E-state index contributed by atoms with van der Waals surface area (Å²) in [5, 5.41) is 9.05. The average molecular weight is 315 g/mol. The van der Waals surface area contributed by atoms with Crippen molar-refractivity contribution in [2.24, 2.45) is 0 Å². The van der Waals surface area contributed by atoms with E-state index in [0.717, 1.165) is 32.1 Å². The van der Waals surface area contributed by atoms with Crippen LogP contribution in [0.3, 0.4) is 0 Å². The van der Waals surface area contributed by atoms with Crippen molar-refractivity contribution >= 4 is 18.6 Å². The molecule has 0 heterocycles. The van der Waals surface area contributed by atoms with Gasteiger partial charge in [-0.05, 0) is 32.1 Å². The van der Waals surface area contributed by atoms with E-state index < -0.39 is 5.97 Å². The Labute approximate surface area is 136 Å². The molecule has 0 saturated heterocycles. The minimum atomic E-state index is -0.672. The summed E-state index contributed by atoms with van der Waals surface area (Å²) in [6.07, 6.45) is 19.1. The number of rotatable bonds is 15. The van der Waals surface area contributed by atoms with Gasteiger partial charge in [-0.3, -0.25) is 4.79 Å². The van der Waals surface area contributed by atoms with E-state index in [4.69, 9.17) is 5.11 Å². The summed E-state index contributed by atoms with van der Waals surface area (Å²) in [5.41, 5.74) is 0. The van der Waals surface area contributed by atoms with Crippen molar-refractivity contribution in [3.63, 3.8) is 0 Å². The van der Waals surface area contributed by atoms with Crippen molar-refractivity contribution in [1.82, 2.24) is 0 Å². The van der Waals surface area contributed by atoms with Gasteiger partial charge >= 0.3 is 5.97 Å². The Kier molecular flexibility index (Phi) is 15.6. The lowest BCUT2D eigenvalue weighted by Gasteiger charge is -2.07. The number of carboxylic acids is 1. The van der Waals surface area contributed by atoms with Crippen LogP contribution in [0, 0.1) is 0 Å². The molecule has 0 bridgehead atoms. The fraction of sp³-hybridized carbons (Fsp3) is 0.833. The number of unbranched alkanes of at least 4 members (excludes halogenated alkanes) is 8. The molecule has 0 saturated carbocycles. The van der Waals surface area contributed by atoms with Crippen LogP contribution < -0.4 is 0 Å². The number of carbonyl (C=O) groups is 1. The minimum absolute atomic E-state index is 0.321. The predicted octanol–water partition coefficient (Wildman–Crippen LogP) is 6.02. The zero-order valence-electron chi connectivity index (χ0n) is 13.7. The van der Waals surface area contributed by atoms with Crippen LogP contribution in [-0.2, 0) is 4.79 Å². The molecule has 0 aromatic rings. The molecular weight excluding hydrogens is 280 g/mol. The zero-order valence-corrected chi connectivity index (χ0v) is 14.6. The molecule has 3 heteroatoms. The summed E-state index contributed by atoms with van der Waals surface area (Å²) in [5.74, 6) is -0.672. The predicted molar refractivity (Wildman–Crippen MR) is 95.2 cm³/mol. The quantitative estimate of drug-likeness (QED) is 0.220. The monoisotopic (exact) mass is 314 g/mol. The zero-order chi connectivity index (χ0) is 15.8. The van der Waals surface area contributed by atoms with Crippen molar-refractivity contribution < 1.29 is 9.90 Å². The van der Waals surface area contributed by atoms with Crippen LogP contribution in [0.25, 0.3) is 0 Å². The summed E-state index contributed by atoms with van der Waals surface area (Å²) in [6, 6.07) is 0. The van der Waals surface area contributed by atoms with Gasteiger partial charge < -0.3 is 5.11 Å². The first-order chi connectivity index (χ1) is 10.2. The molecule has 0 rings (SSSR count). The third kappa shape index (κ3) is 17.5. The first-order valence-electron chi connectivity index (χ1n) is 8.71. The largest absolute Gasteiger partial charge is 0.481 e. The van der Waals surface area contributed by atoms with E-state index in [1.165, 1.54) is 44.9 Å². The van der Waals surface area contributed by atoms with E-state index in [2.05, 4.69) is 31.7 Å². The molecule has 124 valence electrons. The summed E-state index contributed by atoms with van der Waals surface area (Å²) in [7, 11) is 0. The van der Waals surface area contributed by atoms with E-state index >= 15 is 0 Å². The maximum Gasteiger partial charge on any atom is 0.303 e. The molecule has 0 unspecified atom stereocenters. The normalized spacial score (nSPS) is 12.9. The maximum atomic E-state index is 10.3. The molecule has 0 amide bonds. The van der Waals surface area contributed by atoms with E-state index in [0.29, 0.717) is 11.7 Å². The van der Waals surface area contributed by atoms with Gasteiger partial charge in [-0.2, -0.15) is 12.6 Å². The highest BCUT2D eigenvalue weighted by Crippen LogP contribution is 2.14. The molecule has 21 heavy (non-hydrogen) atoms. The van der Waals surface area contributed by atoms with Crippen LogP contribution in [0.1, 0.15) is 90.4 Å². The highest BCUT2D eigenvalue weighted by Gasteiger charge is 2.00. The highest BCUT2D eigenvalue weighted by atomic mass is 32.1. The van der Waals surface area contributed by atoms with E-state index in [1.807, 2.05) is 0 Å². The lowest BCUT2D eigenvalue weighted by molar-refractivity contribution is -0.137. The van der Waals surface area contributed by atoms with Crippen molar-refractivity contribution in [3.05, 3.63) is 12.2 Å². The second-order valence-electron chi connectivity index (χ2n) is 5.91. The highest BCUT2D eigenvalue weighted by molar-refractivity contribution is 7.80. The standard InChI is InChI=1S/C18H34O2S/c1-2-3-4-11-14-17(21)15-12-9-7-5-6-8-10-13-16-18(19)20/h9,12,17,21H,2-8,10-11,13-16H2,1H3,(H,19,20)/b12-9-/t17-/m1/s1. The number of thiol groups is 1. The van der Waals surface area contributed by atoms with Gasteiger partial charge in [0.15, 0.2) is 0 Å². The summed E-state index contributed by atoms with van der Waals surface area (Å²) < 4.78 is 0. The molecule has 1 atom stereocenters. The Hall–Kier alpha value is -0.440. The molecule has 0 spiro atoms. The second-order valence-corrected chi connectivity index (χ2v) is 6.64. The van der Waals surface area contributed by atoms with Crippen molar-refractivity contribution in [3.8, 4) is 0 Å². The van der Waals surface area contributed by atoms with Gasteiger partial charge in [0.25, 0.3) is 0 Å². The molecule has 0 aliphatic carbocycles. The molecule has 0 aromatic heterocycles. The van der Waals surface area contributed by atoms with E-state index in [9.17, 15) is 4.79 Å². The number of aliphatic carboxylic acids is 1. The molecule has 0 aromatic carbocycles. The Morgan fingerprint density at radius 3 is 2.38 bits per heavy atom.